The van der Waals surface area contributed by atoms with Crippen LogP contribution in [0.1, 0.15) is 30.1 Å². The summed E-state index contributed by atoms with van der Waals surface area (Å²) in [6.07, 6.45) is 2.38. The highest BCUT2D eigenvalue weighted by Crippen LogP contribution is 2.22. The monoisotopic (exact) mass is 381 g/mol. The molecule has 0 aliphatic rings. The van der Waals surface area contributed by atoms with Gasteiger partial charge in [-0.3, -0.25) is 14.2 Å². The average molecular weight is 382 g/mol. The molecule has 0 fully saturated rings. The number of Topliss-reactive ketones (excluding diaryl/α,β-unsaturated/α-hetero) is 1. The number of halogens is 4. The van der Waals surface area contributed by atoms with Crippen molar-refractivity contribution < 1.29 is 18.0 Å². The van der Waals surface area contributed by atoms with Crippen LogP contribution in [0.15, 0.2) is 29.3 Å². The van der Waals surface area contributed by atoms with E-state index in [0.717, 1.165) is 23.0 Å². The van der Waals surface area contributed by atoms with E-state index in [-0.39, 0.29) is 23.0 Å². The van der Waals surface area contributed by atoms with Crippen molar-refractivity contribution in [1.82, 2.24) is 14.5 Å². The zero-order valence-corrected chi connectivity index (χ0v) is 14.1. The second-order valence-corrected chi connectivity index (χ2v) is 5.86. The summed E-state index contributed by atoms with van der Waals surface area (Å²) in [6.45, 7) is 1.75. The van der Waals surface area contributed by atoms with Crippen molar-refractivity contribution in [2.24, 2.45) is 0 Å². The fourth-order valence-electron chi connectivity index (χ4n) is 2.51. The molecule has 0 saturated carbocycles. The topological polar surface area (TPSA) is 64.8 Å². The first-order valence-corrected chi connectivity index (χ1v) is 7.97. The van der Waals surface area contributed by atoms with E-state index in [4.69, 9.17) is 11.6 Å². The van der Waals surface area contributed by atoms with E-state index in [1.54, 1.807) is 6.92 Å². The van der Waals surface area contributed by atoms with E-state index < -0.39 is 39.6 Å². The number of nitrogens with zero attached hydrogens (tertiary/aromatic N) is 3. The molecule has 9 heteroatoms. The predicted molar refractivity (Wildman–Crippen MR) is 89.3 cm³/mol. The Kier molecular flexibility index (Phi) is 4.78. The van der Waals surface area contributed by atoms with Crippen LogP contribution in [0.4, 0.5) is 13.2 Å². The Morgan fingerprint density at radius 3 is 2.62 bits per heavy atom. The Hall–Kier alpha value is -2.74. The summed E-state index contributed by atoms with van der Waals surface area (Å²) in [5.41, 5.74) is -1.22. The van der Waals surface area contributed by atoms with Crippen LogP contribution in [0, 0.1) is 17.5 Å². The fourth-order valence-corrected chi connectivity index (χ4v) is 2.64. The number of aromatic nitrogens is 3. The maximum absolute atomic E-state index is 14.2. The maximum Gasteiger partial charge on any atom is 0.201 e. The number of carbonyl (C=O) groups is 1. The van der Waals surface area contributed by atoms with Crippen molar-refractivity contribution in [3.8, 4) is 5.82 Å². The highest BCUT2D eigenvalue weighted by atomic mass is 35.5. The van der Waals surface area contributed by atoms with Crippen molar-refractivity contribution in [3.63, 3.8) is 0 Å². The summed E-state index contributed by atoms with van der Waals surface area (Å²) >= 11 is 5.67. The molecule has 0 N–H and O–H groups in total. The lowest BCUT2D eigenvalue weighted by molar-refractivity contribution is 0.0980. The molecule has 3 rings (SSSR count). The number of carbonyl (C=O) groups excluding carboxylic acids is 1. The van der Waals surface area contributed by atoms with Gasteiger partial charge in [-0.2, -0.15) is 0 Å². The molecule has 3 aromatic heterocycles. The Bertz CT molecular complexity index is 1100. The number of hydrogen-bond acceptors (Lipinski definition) is 4. The molecule has 0 amide bonds. The molecule has 0 atom stereocenters. The normalized spacial score (nSPS) is 11.1. The molecule has 0 aliphatic carbocycles. The standard InChI is InChI=1S/C17H11ClF3N3O2/c1-2-3-13(25)10-7-24(17-12(21)4-8(19)6-22-17)16-9(14(10)26)5-11(20)15(18)23-16/h4-7H,2-3H2,1H3. The van der Waals surface area contributed by atoms with Gasteiger partial charge in [0.25, 0.3) is 0 Å². The van der Waals surface area contributed by atoms with Gasteiger partial charge in [-0.1, -0.05) is 18.5 Å². The van der Waals surface area contributed by atoms with Crippen molar-refractivity contribution in [2.75, 3.05) is 0 Å². The summed E-state index contributed by atoms with van der Waals surface area (Å²) in [4.78, 5) is 32.2. The van der Waals surface area contributed by atoms with Gasteiger partial charge < -0.3 is 0 Å². The highest BCUT2D eigenvalue weighted by molar-refractivity contribution is 6.29. The van der Waals surface area contributed by atoms with Gasteiger partial charge in [0.05, 0.1) is 17.1 Å². The third kappa shape index (κ3) is 3.08. The van der Waals surface area contributed by atoms with Crippen LogP contribution < -0.4 is 5.43 Å². The first kappa shape index (κ1) is 18.1. The average Bonchev–Trinajstić information content (AvgIpc) is 2.58. The zero-order chi connectivity index (χ0) is 19.0. The van der Waals surface area contributed by atoms with E-state index in [9.17, 15) is 22.8 Å². The lowest BCUT2D eigenvalue weighted by atomic mass is 10.1. The minimum absolute atomic E-state index is 0.0730. The molecule has 0 aromatic carbocycles. The lowest BCUT2D eigenvalue weighted by Crippen LogP contribution is -2.20. The van der Waals surface area contributed by atoms with Crippen molar-refractivity contribution in [2.45, 2.75) is 19.8 Å². The molecule has 5 nitrogen and oxygen atoms in total. The molecule has 0 radical (unpaired) electrons. The third-order valence-corrected chi connectivity index (χ3v) is 3.95. The van der Waals surface area contributed by atoms with Gasteiger partial charge in [0.1, 0.15) is 5.82 Å². The van der Waals surface area contributed by atoms with Crippen LogP contribution in [-0.4, -0.2) is 20.3 Å². The Morgan fingerprint density at radius 1 is 1.23 bits per heavy atom. The SMILES string of the molecule is CCCC(=O)c1cn(-c2ncc(F)cc2F)c2nc(Cl)c(F)cc2c1=O. The number of rotatable bonds is 4. The zero-order valence-electron chi connectivity index (χ0n) is 13.4. The lowest BCUT2D eigenvalue weighted by Gasteiger charge is -2.13. The molecule has 134 valence electrons. The smallest absolute Gasteiger partial charge is 0.201 e. The second-order valence-electron chi connectivity index (χ2n) is 5.51. The quantitative estimate of drug-likeness (QED) is 0.509. The number of ketones is 1. The van der Waals surface area contributed by atoms with Gasteiger partial charge in [-0.15, -0.1) is 0 Å². The molecule has 26 heavy (non-hydrogen) atoms. The molecule has 0 spiro atoms. The van der Waals surface area contributed by atoms with E-state index >= 15 is 0 Å². The summed E-state index contributed by atoms with van der Waals surface area (Å²) < 4.78 is 42.2. The molecule has 0 saturated heterocycles. The maximum atomic E-state index is 14.2. The number of pyridine rings is 3. The van der Waals surface area contributed by atoms with Gasteiger partial charge in [-0.05, 0) is 12.5 Å². The minimum Gasteiger partial charge on any atom is -0.294 e. The Morgan fingerprint density at radius 2 is 1.96 bits per heavy atom. The van der Waals surface area contributed by atoms with E-state index in [0.29, 0.717) is 12.5 Å². The van der Waals surface area contributed by atoms with Crippen molar-refractivity contribution >= 4 is 28.4 Å². The van der Waals surface area contributed by atoms with Gasteiger partial charge in [0.2, 0.25) is 5.43 Å². The summed E-state index contributed by atoms with van der Waals surface area (Å²) in [5, 5.41) is -0.805. The predicted octanol–water partition coefficient (Wildman–Crippen LogP) is 3.83. The van der Waals surface area contributed by atoms with Crippen LogP contribution in [-0.2, 0) is 0 Å². The molecule has 3 aromatic rings. The fraction of sp³-hybridized carbons (Fsp3) is 0.176. The van der Waals surface area contributed by atoms with Crippen LogP contribution in [0.2, 0.25) is 5.15 Å². The Labute approximate surface area is 150 Å². The first-order valence-electron chi connectivity index (χ1n) is 7.59. The van der Waals surface area contributed by atoms with Crippen LogP contribution in [0.3, 0.4) is 0 Å². The molecule has 0 aliphatic heterocycles. The van der Waals surface area contributed by atoms with Gasteiger partial charge in [-0.25, -0.2) is 23.1 Å². The molecular formula is C17H11ClF3N3O2. The van der Waals surface area contributed by atoms with Gasteiger partial charge in [0.15, 0.2) is 34.0 Å². The van der Waals surface area contributed by atoms with Crippen LogP contribution >= 0.6 is 11.6 Å². The molecule has 3 heterocycles. The minimum atomic E-state index is -1.05. The highest BCUT2D eigenvalue weighted by Gasteiger charge is 2.20. The van der Waals surface area contributed by atoms with Gasteiger partial charge >= 0.3 is 0 Å². The molecular weight excluding hydrogens is 371 g/mol. The van der Waals surface area contributed by atoms with Crippen LogP contribution in [0.25, 0.3) is 16.9 Å². The van der Waals surface area contributed by atoms with E-state index in [1.807, 2.05) is 0 Å². The molecule has 0 bridgehead atoms. The molecule has 0 unspecified atom stereocenters. The summed E-state index contributed by atoms with van der Waals surface area (Å²) in [6, 6.07) is 1.42. The number of hydrogen-bond donors (Lipinski definition) is 0. The third-order valence-electron chi connectivity index (χ3n) is 3.68. The second kappa shape index (κ2) is 6.87. The van der Waals surface area contributed by atoms with Crippen molar-refractivity contribution in [3.05, 3.63) is 62.9 Å². The summed E-state index contributed by atoms with van der Waals surface area (Å²) in [5.74, 6) is -3.82. The Balaban J connectivity index is 2.43. The summed E-state index contributed by atoms with van der Waals surface area (Å²) in [7, 11) is 0. The van der Waals surface area contributed by atoms with E-state index in [1.165, 1.54) is 0 Å². The van der Waals surface area contributed by atoms with Crippen LogP contribution in [0.5, 0.6) is 0 Å². The van der Waals surface area contributed by atoms with Gasteiger partial charge in [0, 0.05) is 18.7 Å². The first-order chi connectivity index (χ1) is 12.3. The largest absolute Gasteiger partial charge is 0.294 e. The van der Waals surface area contributed by atoms with E-state index in [2.05, 4.69) is 9.97 Å². The van der Waals surface area contributed by atoms with Crippen molar-refractivity contribution in [1.29, 1.82) is 0 Å². The number of fused-ring (bicyclic) bond motifs is 1.